The van der Waals surface area contributed by atoms with E-state index in [1.54, 1.807) is 0 Å². The van der Waals surface area contributed by atoms with Crippen LogP contribution in [0.5, 0.6) is 0 Å². The van der Waals surface area contributed by atoms with Crippen LogP contribution >= 0.6 is 0 Å². The number of hydrogen-bond acceptors (Lipinski definition) is 3. The van der Waals surface area contributed by atoms with Gasteiger partial charge in [0.2, 0.25) is 0 Å². The first-order chi connectivity index (χ1) is 8.86. The number of rotatable bonds is 4. The van der Waals surface area contributed by atoms with Gasteiger partial charge in [0.1, 0.15) is 0 Å². The van der Waals surface area contributed by atoms with Gasteiger partial charge in [0.15, 0.2) is 0 Å². The Labute approximate surface area is 110 Å². The van der Waals surface area contributed by atoms with Crippen LogP contribution in [0.4, 0.5) is 0 Å². The lowest BCUT2D eigenvalue weighted by Crippen LogP contribution is -2.36. The molecule has 0 amide bonds. The summed E-state index contributed by atoms with van der Waals surface area (Å²) < 4.78 is 5.53. The molecule has 3 nitrogen and oxygen atoms in total. The molecule has 0 spiro atoms. The summed E-state index contributed by atoms with van der Waals surface area (Å²) in [6, 6.07) is 9.00. The summed E-state index contributed by atoms with van der Waals surface area (Å²) in [7, 11) is 0. The zero-order valence-corrected chi connectivity index (χ0v) is 11.3. The molecule has 1 aliphatic rings. The highest BCUT2D eigenvalue weighted by Crippen LogP contribution is 2.24. The first-order valence-corrected chi connectivity index (χ1v) is 6.96. The topological polar surface area (TPSA) is 38.5 Å². The van der Waals surface area contributed by atoms with Gasteiger partial charge in [0, 0.05) is 32.3 Å². The lowest BCUT2D eigenvalue weighted by Gasteiger charge is -2.30. The number of hydrogen-bond donors (Lipinski definition) is 1. The van der Waals surface area contributed by atoms with E-state index in [1.807, 2.05) is 0 Å². The van der Waals surface area contributed by atoms with E-state index in [2.05, 4.69) is 36.1 Å². The van der Waals surface area contributed by atoms with Crippen molar-refractivity contribution < 1.29 is 4.74 Å². The maximum atomic E-state index is 6.03. The molecule has 1 heterocycles. The molecule has 0 saturated carbocycles. The lowest BCUT2D eigenvalue weighted by atomic mass is 9.97. The van der Waals surface area contributed by atoms with E-state index in [0.29, 0.717) is 12.6 Å². The van der Waals surface area contributed by atoms with Crippen LogP contribution in [0.1, 0.15) is 30.5 Å². The van der Waals surface area contributed by atoms with E-state index in [-0.39, 0.29) is 0 Å². The highest BCUT2D eigenvalue weighted by Gasteiger charge is 2.21. The molecule has 1 fully saturated rings. The minimum atomic E-state index is 0.336. The number of nitrogens with two attached hydrogens (primary N) is 1. The monoisotopic (exact) mass is 248 g/mol. The van der Waals surface area contributed by atoms with Gasteiger partial charge in [-0.05, 0) is 24.0 Å². The van der Waals surface area contributed by atoms with Crippen LogP contribution in [-0.2, 0) is 11.2 Å². The Morgan fingerprint density at radius 3 is 2.89 bits per heavy atom. The van der Waals surface area contributed by atoms with Gasteiger partial charge in [-0.15, -0.1) is 0 Å². The molecule has 0 aliphatic carbocycles. The molecule has 0 radical (unpaired) electrons. The Kier molecular flexibility index (Phi) is 5.17. The second kappa shape index (κ2) is 6.88. The molecule has 1 atom stereocenters. The summed E-state index contributed by atoms with van der Waals surface area (Å²) in [6.45, 7) is 6.66. The van der Waals surface area contributed by atoms with Gasteiger partial charge < -0.3 is 10.5 Å². The van der Waals surface area contributed by atoms with E-state index < -0.39 is 0 Å². The SMILES string of the molecule is CCc1ccccc1C(CN)N1CCCOCC1. The van der Waals surface area contributed by atoms with E-state index in [4.69, 9.17) is 10.5 Å². The third-order valence-corrected chi connectivity index (χ3v) is 3.72. The molecular weight excluding hydrogens is 224 g/mol. The molecule has 3 heteroatoms. The number of benzene rings is 1. The van der Waals surface area contributed by atoms with Gasteiger partial charge in [-0.1, -0.05) is 31.2 Å². The van der Waals surface area contributed by atoms with Crippen LogP contribution in [0.25, 0.3) is 0 Å². The van der Waals surface area contributed by atoms with E-state index in [1.165, 1.54) is 11.1 Å². The van der Waals surface area contributed by atoms with Crippen LogP contribution in [0.3, 0.4) is 0 Å². The normalized spacial score (nSPS) is 19.4. The fourth-order valence-electron chi connectivity index (χ4n) is 2.73. The van der Waals surface area contributed by atoms with Crippen LogP contribution in [0.15, 0.2) is 24.3 Å². The number of aryl methyl sites for hydroxylation is 1. The predicted molar refractivity (Wildman–Crippen MR) is 74.6 cm³/mol. The second-order valence-corrected chi connectivity index (χ2v) is 4.81. The van der Waals surface area contributed by atoms with Gasteiger partial charge in [0.25, 0.3) is 0 Å². The van der Waals surface area contributed by atoms with Gasteiger partial charge in [0.05, 0.1) is 6.61 Å². The van der Waals surface area contributed by atoms with Crippen molar-refractivity contribution in [3.05, 3.63) is 35.4 Å². The van der Waals surface area contributed by atoms with E-state index in [0.717, 1.165) is 39.1 Å². The van der Waals surface area contributed by atoms with Crippen LogP contribution in [0, 0.1) is 0 Å². The molecule has 1 saturated heterocycles. The van der Waals surface area contributed by atoms with Crippen molar-refractivity contribution in [3.63, 3.8) is 0 Å². The second-order valence-electron chi connectivity index (χ2n) is 4.81. The van der Waals surface area contributed by atoms with Gasteiger partial charge in [-0.3, -0.25) is 4.90 Å². The number of nitrogens with zero attached hydrogens (tertiary/aromatic N) is 1. The third kappa shape index (κ3) is 3.10. The van der Waals surface area contributed by atoms with Crippen molar-refractivity contribution in [2.75, 3.05) is 32.8 Å². The van der Waals surface area contributed by atoms with Crippen LogP contribution in [0.2, 0.25) is 0 Å². The third-order valence-electron chi connectivity index (χ3n) is 3.72. The quantitative estimate of drug-likeness (QED) is 0.885. The largest absolute Gasteiger partial charge is 0.380 e. The molecular formula is C15H24N2O. The predicted octanol–water partition coefficient (Wildman–Crippen LogP) is 1.97. The Balaban J connectivity index is 2.20. The standard InChI is InChI=1S/C15H24N2O/c1-2-13-6-3-4-7-14(13)15(12-16)17-8-5-10-18-11-9-17/h3-4,6-7,15H,2,5,8-12,16H2,1H3. The average Bonchev–Trinajstić information content (AvgIpc) is 2.69. The molecule has 1 unspecified atom stereocenters. The molecule has 1 aromatic rings. The van der Waals surface area contributed by atoms with Gasteiger partial charge in [-0.2, -0.15) is 0 Å². The molecule has 0 bridgehead atoms. The molecule has 1 aliphatic heterocycles. The Morgan fingerprint density at radius 1 is 1.28 bits per heavy atom. The highest BCUT2D eigenvalue weighted by atomic mass is 16.5. The van der Waals surface area contributed by atoms with Crippen molar-refractivity contribution in [3.8, 4) is 0 Å². The minimum Gasteiger partial charge on any atom is -0.380 e. The average molecular weight is 248 g/mol. The Hall–Kier alpha value is -0.900. The summed E-state index contributed by atoms with van der Waals surface area (Å²) in [4.78, 5) is 2.47. The minimum absolute atomic E-state index is 0.336. The maximum absolute atomic E-state index is 6.03. The molecule has 18 heavy (non-hydrogen) atoms. The maximum Gasteiger partial charge on any atom is 0.0593 e. The first kappa shape index (κ1) is 13.5. The van der Waals surface area contributed by atoms with Crippen molar-refractivity contribution in [1.29, 1.82) is 0 Å². The first-order valence-electron chi connectivity index (χ1n) is 6.96. The van der Waals surface area contributed by atoms with Gasteiger partial charge >= 0.3 is 0 Å². The van der Waals surface area contributed by atoms with Crippen molar-refractivity contribution in [2.45, 2.75) is 25.8 Å². The fraction of sp³-hybridized carbons (Fsp3) is 0.600. The summed E-state index contributed by atoms with van der Waals surface area (Å²) in [6.07, 6.45) is 2.17. The number of ether oxygens (including phenoxy) is 1. The Bertz CT molecular complexity index is 359. The molecule has 100 valence electrons. The van der Waals surface area contributed by atoms with E-state index in [9.17, 15) is 0 Å². The van der Waals surface area contributed by atoms with E-state index >= 15 is 0 Å². The van der Waals surface area contributed by atoms with Crippen LogP contribution in [-0.4, -0.2) is 37.7 Å². The molecule has 2 N–H and O–H groups in total. The molecule has 1 aromatic carbocycles. The summed E-state index contributed by atoms with van der Waals surface area (Å²) in [5.41, 5.74) is 8.84. The highest BCUT2D eigenvalue weighted by molar-refractivity contribution is 5.30. The summed E-state index contributed by atoms with van der Waals surface area (Å²) in [5.74, 6) is 0. The molecule has 2 rings (SSSR count). The fourth-order valence-corrected chi connectivity index (χ4v) is 2.73. The smallest absolute Gasteiger partial charge is 0.0593 e. The van der Waals surface area contributed by atoms with Crippen molar-refractivity contribution in [1.82, 2.24) is 4.90 Å². The van der Waals surface area contributed by atoms with Crippen molar-refractivity contribution >= 4 is 0 Å². The van der Waals surface area contributed by atoms with Crippen molar-refractivity contribution in [2.24, 2.45) is 5.73 Å². The lowest BCUT2D eigenvalue weighted by molar-refractivity contribution is 0.132. The zero-order chi connectivity index (χ0) is 12.8. The van der Waals surface area contributed by atoms with Crippen LogP contribution < -0.4 is 5.73 Å². The zero-order valence-electron chi connectivity index (χ0n) is 11.3. The summed E-state index contributed by atoms with van der Waals surface area (Å²) in [5, 5.41) is 0. The summed E-state index contributed by atoms with van der Waals surface area (Å²) >= 11 is 0. The van der Waals surface area contributed by atoms with Gasteiger partial charge in [-0.25, -0.2) is 0 Å². The molecule has 0 aromatic heterocycles. The Morgan fingerprint density at radius 2 is 2.11 bits per heavy atom.